The van der Waals surface area contributed by atoms with Gasteiger partial charge in [-0.3, -0.25) is 4.79 Å². The van der Waals surface area contributed by atoms with Gasteiger partial charge >= 0.3 is 6.09 Å². The van der Waals surface area contributed by atoms with Gasteiger partial charge in [-0.15, -0.1) is 0 Å². The van der Waals surface area contributed by atoms with E-state index >= 15 is 4.79 Å². The molecule has 7 rings (SSSR count). The van der Waals surface area contributed by atoms with E-state index < -0.39 is 62.0 Å². The highest BCUT2D eigenvalue weighted by atomic mass is 28.4. The van der Waals surface area contributed by atoms with Crippen molar-refractivity contribution >= 4 is 61.9 Å². The molecule has 0 saturated heterocycles. The molecule has 0 saturated carbocycles. The molecule has 1 aliphatic rings. The SMILES string of the molecule is COc1ccc(C(NC(=O)OCC2c3ccccc3-c3ccccc32)c2ccc(OCC(=O)N(Cc3cc(O[Si](C)(C)C(C)(C)C)c(O[Si](C)(C)C(C)(C)C)c(O[Si](C)(C)C(C)(C)C)c3)Cc3cc(O[Si](C)(C)C(C)(C)C)c(O[Si](C)(C)C(C)(C)C)c(O[Si](C)(C)C(C)(C)C)c3)cc2)c(OC)c1. The van der Waals surface area contributed by atoms with Crippen molar-refractivity contribution in [2.24, 2.45) is 0 Å². The van der Waals surface area contributed by atoms with Gasteiger partial charge < -0.3 is 55.7 Å². The molecule has 102 heavy (non-hydrogen) atoms. The maximum Gasteiger partial charge on any atom is 0.407 e. The van der Waals surface area contributed by atoms with Crippen LogP contribution in [0, 0.1) is 0 Å². The van der Waals surface area contributed by atoms with Crippen LogP contribution >= 0.6 is 0 Å². The van der Waals surface area contributed by atoms with Crippen molar-refractivity contribution in [3.63, 3.8) is 0 Å². The van der Waals surface area contributed by atoms with Crippen LogP contribution in [0.15, 0.2) is 115 Å². The Morgan fingerprint density at radius 2 is 0.765 bits per heavy atom. The molecule has 0 bridgehead atoms. The number of benzene rings is 6. The number of nitrogens with one attached hydrogen (secondary N) is 1. The number of carbonyl (C=O) groups is 2. The summed E-state index contributed by atoms with van der Waals surface area (Å²) in [5.74, 6) is 4.81. The molecule has 2 amide bonds. The number of ether oxygens (including phenoxy) is 4. The first-order chi connectivity index (χ1) is 46.5. The summed E-state index contributed by atoms with van der Waals surface area (Å²) in [7, 11) is -12.2. The first-order valence-corrected chi connectivity index (χ1v) is 53.8. The third-order valence-electron chi connectivity index (χ3n) is 23.2. The molecule has 20 heteroatoms. The smallest absolute Gasteiger partial charge is 0.407 e. The molecule has 1 aliphatic carbocycles. The lowest BCUT2D eigenvalue weighted by Crippen LogP contribution is -2.47. The summed E-state index contributed by atoms with van der Waals surface area (Å²) < 4.78 is 69.2. The first-order valence-electron chi connectivity index (χ1n) is 36.4. The van der Waals surface area contributed by atoms with E-state index in [-0.39, 0.29) is 68.4 Å². The van der Waals surface area contributed by atoms with Crippen LogP contribution in [-0.4, -0.2) is 94.2 Å². The van der Waals surface area contributed by atoms with E-state index in [1.54, 1.807) is 20.3 Å². The minimum atomic E-state index is -2.58. The van der Waals surface area contributed by atoms with Gasteiger partial charge in [-0.2, -0.15) is 0 Å². The number of methoxy groups -OCH3 is 2. The normalized spacial score (nSPS) is 14.0. The fraction of sp³-hybridized carbons (Fsp3) is 0.537. The second-order valence-corrected chi connectivity index (χ2v) is 65.5. The lowest BCUT2D eigenvalue weighted by atomic mass is 9.97. The first kappa shape index (κ1) is 82.8. The van der Waals surface area contributed by atoms with Crippen LogP contribution in [0.25, 0.3) is 11.1 Å². The van der Waals surface area contributed by atoms with Gasteiger partial charge in [-0.1, -0.05) is 185 Å². The zero-order valence-corrected chi connectivity index (χ0v) is 74.3. The van der Waals surface area contributed by atoms with Crippen LogP contribution in [0.4, 0.5) is 4.79 Å². The second kappa shape index (κ2) is 30.2. The van der Waals surface area contributed by atoms with Crippen molar-refractivity contribution < 1.29 is 55.1 Å². The summed E-state index contributed by atoms with van der Waals surface area (Å²) in [4.78, 5) is 32.0. The Kier molecular flexibility index (Phi) is 24.5. The number of hydrogen-bond acceptors (Lipinski definition) is 12. The Morgan fingerprint density at radius 1 is 0.422 bits per heavy atom. The Labute approximate surface area is 620 Å². The molecule has 560 valence electrons. The summed E-state index contributed by atoms with van der Waals surface area (Å²) in [6.45, 7) is 67.6. The second-order valence-electron chi connectivity index (χ2n) is 37.1. The monoisotopic (exact) mass is 1500 g/mol. The molecule has 0 aromatic heterocycles. The summed E-state index contributed by atoms with van der Waals surface area (Å²) in [6, 6.07) is 37.1. The highest BCUT2D eigenvalue weighted by molar-refractivity contribution is 6.77. The third kappa shape index (κ3) is 19.2. The zero-order valence-electron chi connectivity index (χ0n) is 68.3. The number of nitrogens with zero attached hydrogens (tertiary/aromatic N) is 1. The zero-order chi connectivity index (χ0) is 76.7. The molecular weight excluding hydrogens is 1370 g/mol. The van der Waals surface area contributed by atoms with Crippen molar-refractivity contribution in [3.05, 3.63) is 149 Å². The maximum atomic E-state index is 15.9. The predicted molar refractivity (Wildman–Crippen MR) is 436 cm³/mol. The van der Waals surface area contributed by atoms with Gasteiger partial charge in [0, 0.05) is 30.6 Å². The summed E-state index contributed by atoms with van der Waals surface area (Å²) in [5.41, 5.74) is 7.50. The Hall–Kier alpha value is -6.44. The summed E-state index contributed by atoms with van der Waals surface area (Å²) in [6.07, 6.45) is -0.601. The van der Waals surface area contributed by atoms with Gasteiger partial charge in [-0.05, 0) is 196 Å². The summed E-state index contributed by atoms with van der Waals surface area (Å²) >= 11 is 0. The molecule has 6 aromatic carbocycles. The number of amides is 2. The number of carbonyl (C=O) groups excluding carboxylic acids is 2. The highest BCUT2D eigenvalue weighted by Gasteiger charge is 2.48. The van der Waals surface area contributed by atoms with Gasteiger partial charge in [0.05, 0.1) is 20.3 Å². The van der Waals surface area contributed by atoms with E-state index in [0.29, 0.717) is 62.9 Å². The van der Waals surface area contributed by atoms with Crippen LogP contribution in [0.2, 0.25) is 109 Å². The van der Waals surface area contributed by atoms with Crippen molar-refractivity contribution in [3.8, 4) is 62.9 Å². The van der Waals surface area contributed by atoms with Crippen molar-refractivity contribution in [2.45, 2.75) is 258 Å². The van der Waals surface area contributed by atoms with Crippen LogP contribution in [-0.2, 0) is 22.6 Å². The standard InChI is InChI=1S/C82H126N2O12Si6/c1-77(2,3)97(21,22)91-68-47-56(48-69(92-98(23,24)78(4,5)6)74(68)95-101(29,30)81(13,14)15)52-84(53-57-49-70(93-99(25,26)79(7,8)9)75(96-102(31,32)82(16,17)18)71(50-57)94-100(27,28)80(10,11)12)72(85)55-89-59-43-41-58(42-44-59)73(65-46-45-60(87-19)51-67(65)88-20)83-76(86)90-54-66-63-39-35-33-37-61(63)62-38-34-36-40-64(62)66/h33-51,66,73H,52-55H2,1-32H3,(H,83,86). The Bertz CT molecular complexity index is 3650. The minimum absolute atomic E-state index is 0.132. The average Bonchev–Trinajstić information content (AvgIpc) is 1.21. The Balaban J connectivity index is 1.38. The highest BCUT2D eigenvalue weighted by Crippen LogP contribution is 2.54. The molecule has 0 fully saturated rings. The fourth-order valence-corrected chi connectivity index (χ4v) is 16.4. The van der Waals surface area contributed by atoms with E-state index in [4.69, 9.17) is 45.5 Å². The van der Waals surface area contributed by atoms with Gasteiger partial charge in [0.1, 0.15) is 46.9 Å². The number of alkyl carbamates (subject to hydrolysis) is 1. The molecule has 1 atom stereocenters. The van der Waals surface area contributed by atoms with Gasteiger partial charge in [-0.25, -0.2) is 4.79 Å². The lowest BCUT2D eigenvalue weighted by molar-refractivity contribution is -0.134. The number of rotatable bonds is 26. The van der Waals surface area contributed by atoms with Gasteiger partial charge in [0.25, 0.3) is 55.8 Å². The molecule has 1 unspecified atom stereocenters. The largest absolute Gasteiger partial charge is 0.541 e. The van der Waals surface area contributed by atoms with E-state index in [9.17, 15) is 4.79 Å². The minimum Gasteiger partial charge on any atom is -0.541 e. The molecule has 1 N–H and O–H groups in total. The van der Waals surface area contributed by atoms with E-state index in [1.807, 2.05) is 65.6 Å². The topological polar surface area (TPSA) is 142 Å². The average molecular weight is 1500 g/mol. The van der Waals surface area contributed by atoms with Crippen molar-refractivity contribution in [1.82, 2.24) is 10.2 Å². The number of hydrogen-bond donors (Lipinski definition) is 1. The van der Waals surface area contributed by atoms with E-state index in [1.165, 1.54) is 0 Å². The molecule has 0 heterocycles. The van der Waals surface area contributed by atoms with E-state index in [2.05, 4.69) is 257 Å². The molecule has 6 aromatic rings. The van der Waals surface area contributed by atoms with Crippen LogP contribution in [0.1, 0.15) is 170 Å². The van der Waals surface area contributed by atoms with E-state index in [0.717, 1.165) is 33.4 Å². The number of fused-ring (bicyclic) bond motifs is 3. The van der Waals surface area contributed by atoms with Crippen LogP contribution in [0.3, 0.4) is 0 Å². The third-order valence-corrected chi connectivity index (χ3v) is 49.2. The van der Waals surface area contributed by atoms with Gasteiger partial charge in [0.15, 0.2) is 18.1 Å². The molecule has 0 radical (unpaired) electrons. The molecule has 0 spiro atoms. The molecule has 0 aliphatic heterocycles. The molecular formula is C82H126N2O12Si6. The molecule has 14 nitrogen and oxygen atoms in total. The van der Waals surface area contributed by atoms with Gasteiger partial charge in [0.2, 0.25) is 0 Å². The van der Waals surface area contributed by atoms with Crippen LogP contribution in [0.5, 0.6) is 51.7 Å². The van der Waals surface area contributed by atoms with Crippen molar-refractivity contribution in [2.75, 3.05) is 27.4 Å². The lowest BCUT2D eigenvalue weighted by Gasteiger charge is -2.42. The Morgan fingerprint density at radius 3 is 1.11 bits per heavy atom. The quantitative estimate of drug-likeness (QED) is 0.0517. The van der Waals surface area contributed by atoms with Crippen LogP contribution < -0.4 is 46.1 Å². The summed E-state index contributed by atoms with van der Waals surface area (Å²) in [5, 5.41) is 2.17. The fourth-order valence-electron chi connectivity index (χ4n) is 10.3. The van der Waals surface area contributed by atoms with Crippen molar-refractivity contribution in [1.29, 1.82) is 0 Å². The maximum absolute atomic E-state index is 15.9. The predicted octanol–water partition coefficient (Wildman–Crippen LogP) is 23.2.